The van der Waals surface area contributed by atoms with Crippen molar-refractivity contribution in [1.82, 2.24) is 9.97 Å². The Morgan fingerprint density at radius 3 is 2.86 bits per heavy atom. The SMILES string of the molecule is CCOC(=O)c1sc(N)c(C#N)c1CSc1ncccn1. The van der Waals surface area contributed by atoms with Crippen LogP contribution < -0.4 is 5.73 Å². The molecule has 0 bridgehead atoms. The van der Waals surface area contributed by atoms with Gasteiger partial charge in [-0.3, -0.25) is 0 Å². The highest BCUT2D eigenvalue weighted by Crippen LogP contribution is 2.34. The molecule has 2 heterocycles. The highest BCUT2D eigenvalue weighted by Gasteiger charge is 2.22. The van der Waals surface area contributed by atoms with Crippen LogP contribution in [0.15, 0.2) is 23.6 Å². The van der Waals surface area contributed by atoms with Gasteiger partial charge in [0.25, 0.3) is 0 Å². The van der Waals surface area contributed by atoms with Gasteiger partial charge in [-0.2, -0.15) is 5.26 Å². The first-order valence-corrected chi connectivity index (χ1v) is 7.85. The van der Waals surface area contributed by atoms with Gasteiger partial charge in [0, 0.05) is 23.7 Å². The highest BCUT2D eigenvalue weighted by molar-refractivity contribution is 7.98. The second-order valence-corrected chi connectivity index (χ2v) is 5.80. The Balaban J connectivity index is 2.28. The Morgan fingerprint density at radius 2 is 2.24 bits per heavy atom. The van der Waals surface area contributed by atoms with Gasteiger partial charge >= 0.3 is 5.97 Å². The number of nitriles is 1. The summed E-state index contributed by atoms with van der Waals surface area (Å²) in [5.74, 6) is -0.0744. The van der Waals surface area contributed by atoms with Gasteiger partial charge in [-0.1, -0.05) is 11.8 Å². The Kier molecular flexibility index (Phi) is 5.14. The fraction of sp³-hybridized carbons (Fsp3) is 0.231. The van der Waals surface area contributed by atoms with Crippen molar-refractivity contribution in [2.24, 2.45) is 0 Å². The van der Waals surface area contributed by atoms with Crippen LogP contribution in [0.1, 0.15) is 27.7 Å². The molecule has 0 aliphatic carbocycles. The van der Waals surface area contributed by atoms with Crippen molar-refractivity contribution >= 4 is 34.1 Å². The second kappa shape index (κ2) is 7.06. The van der Waals surface area contributed by atoms with Crippen LogP contribution in [0.3, 0.4) is 0 Å². The van der Waals surface area contributed by atoms with E-state index in [2.05, 4.69) is 9.97 Å². The average molecular weight is 320 g/mol. The maximum Gasteiger partial charge on any atom is 0.348 e. The van der Waals surface area contributed by atoms with E-state index < -0.39 is 5.97 Å². The number of hydrogen-bond donors (Lipinski definition) is 1. The van der Waals surface area contributed by atoms with Crippen LogP contribution in [0.2, 0.25) is 0 Å². The molecule has 0 aromatic carbocycles. The van der Waals surface area contributed by atoms with E-state index in [0.717, 1.165) is 11.3 Å². The van der Waals surface area contributed by atoms with Gasteiger partial charge in [-0.25, -0.2) is 14.8 Å². The number of thiophene rings is 1. The summed E-state index contributed by atoms with van der Waals surface area (Å²) in [5.41, 5.74) is 6.71. The van der Waals surface area contributed by atoms with Crippen LogP contribution in [0, 0.1) is 11.3 Å². The molecule has 108 valence electrons. The Bertz CT molecular complexity index is 679. The molecule has 0 radical (unpaired) electrons. The minimum atomic E-state index is -0.458. The zero-order valence-electron chi connectivity index (χ0n) is 11.2. The molecular weight excluding hydrogens is 308 g/mol. The number of rotatable bonds is 5. The number of aromatic nitrogens is 2. The maximum absolute atomic E-state index is 11.9. The van der Waals surface area contributed by atoms with Crippen LogP contribution in [0.5, 0.6) is 0 Å². The number of thioether (sulfide) groups is 1. The molecule has 2 N–H and O–H groups in total. The summed E-state index contributed by atoms with van der Waals surface area (Å²) in [7, 11) is 0. The summed E-state index contributed by atoms with van der Waals surface area (Å²) in [6.07, 6.45) is 3.27. The number of nitrogen functional groups attached to an aromatic ring is 1. The van der Waals surface area contributed by atoms with E-state index in [0.29, 0.717) is 31.9 Å². The van der Waals surface area contributed by atoms with Crippen LogP contribution in [0.4, 0.5) is 5.00 Å². The zero-order chi connectivity index (χ0) is 15.2. The fourth-order valence-corrected chi connectivity index (χ4v) is 3.46. The smallest absolute Gasteiger partial charge is 0.348 e. The summed E-state index contributed by atoms with van der Waals surface area (Å²) >= 11 is 2.41. The first-order chi connectivity index (χ1) is 10.2. The summed E-state index contributed by atoms with van der Waals surface area (Å²) in [6.45, 7) is 2.00. The van der Waals surface area contributed by atoms with Gasteiger partial charge in [-0.05, 0) is 13.0 Å². The molecule has 0 aliphatic heterocycles. The number of carbonyl (C=O) groups is 1. The predicted octanol–water partition coefficient (Wildman–Crippen LogP) is 2.46. The fourth-order valence-electron chi connectivity index (χ4n) is 1.60. The number of hydrogen-bond acceptors (Lipinski definition) is 8. The third-order valence-corrected chi connectivity index (χ3v) is 4.44. The molecule has 0 saturated heterocycles. The predicted molar refractivity (Wildman–Crippen MR) is 81.0 cm³/mol. The normalized spacial score (nSPS) is 10.1. The first-order valence-electron chi connectivity index (χ1n) is 6.05. The lowest BCUT2D eigenvalue weighted by molar-refractivity contribution is 0.0531. The maximum atomic E-state index is 11.9. The third kappa shape index (κ3) is 3.51. The second-order valence-electron chi connectivity index (χ2n) is 3.80. The van der Waals surface area contributed by atoms with E-state index in [4.69, 9.17) is 10.5 Å². The molecule has 21 heavy (non-hydrogen) atoms. The Labute approximate surface area is 130 Å². The van der Waals surface area contributed by atoms with Gasteiger partial charge in [-0.15, -0.1) is 11.3 Å². The number of ether oxygens (including phenoxy) is 1. The molecule has 0 unspecified atom stereocenters. The first kappa shape index (κ1) is 15.3. The number of nitrogens with zero attached hydrogens (tertiary/aromatic N) is 3. The molecule has 6 nitrogen and oxygen atoms in total. The molecule has 0 aliphatic rings. The lowest BCUT2D eigenvalue weighted by Crippen LogP contribution is -2.05. The number of nitrogens with two attached hydrogens (primary N) is 1. The monoisotopic (exact) mass is 320 g/mol. The number of anilines is 1. The highest BCUT2D eigenvalue weighted by atomic mass is 32.2. The van der Waals surface area contributed by atoms with Crippen molar-refractivity contribution in [3.05, 3.63) is 34.5 Å². The number of carbonyl (C=O) groups excluding carboxylic acids is 1. The summed E-state index contributed by atoms with van der Waals surface area (Å²) in [4.78, 5) is 20.5. The zero-order valence-corrected chi connectivity index (χ0v) is 12.8. The molecule has 2 aromatic heterocycles. The van der Waals surface area contributed by atoms with Crippen molar-refractivity contribution in [2.45, 2.75) is 17.8 Å². The van der Waals surface area contributed by atoms with Crippen LogP contribution in [-0.2, 0) is 10.5 Å². The lowest BCUT2D eigenvalue weighted by Gasteiger charge is -2.03. The molecular formula is C13H12N4O2S2. The molecule has 0 amide bonds. The molecule has 2 aromatic rings. The van der Waals surface area contributed by atoms with Gasteiger partial charge in [0.05, 0.1) is 12.2 Å². The molecule has 0 spiro atoms. The van der Waals surface area contributed by atoms with E-state index in [1.54, 1.807) is 25.4 Å². The number of esters is 1. The van der Waals surface area contributed by atoms with Crippen molar-refractivity contribution in [1.29, 1.82) is 5.26 Å². The quantitative estimate of drug-likeness (QED) is 0.513. The van der Waals surface area contributed by atoms with Gasteiger partial charge in [0.2, 0.25) is 0 Å². The van der Waals surface area contributed by atoms with E-state index in [1.165, 1.54) is 11.8 Å². The van der Waals surface area contributed by atoms with Crippen molar-refractivity contribution < 1.29 is 9.53 Å². The van der Waals surface area contributed by atoms with Gasteiger partial charge in [0.15, 0.2) is 5.16 Å². The Morgan fingerprint density at radius 1 is 1.52 bits per heavy atom. The minimum absolute atomic E-state index is 0.271. The summed E-state index contributed by atoms with van der Waals surface area (Å²) < 4.78 is 5.00. The van der Waals surface area contributed by atoms with E-state index in [-0.39, 0.29) is 6.61 Å². The van der Waals surface area contributed by atoms with Gasteiger partial charge < -0.3 is 10.5 Å². The lowest BCUT2D eigenvalue weighted by atomic mass is 10.2. The summed E-state index contributed by atoms with van der Waals surface area (Å²) in [5, 5.41) is 10.1. The van der Waals surface area contributed by atoms with Crippen molar-refractivity contribution in [3.8, 4) is 6.07 Å². The van der Waals surface area contributed by atoms with Crippen LogP contribution >= 0.6 is 23.1 Å². The van der Waals surface area contributed by atoms with Crippen molar-refractivity contribution in [2.75, 3.05) is 12.3 Å². The molecule has 0 atom stereocenters. The molecule has 0 saturated carbocycles. The topological polar surface area (TPSA) is 102 Å². The van der Waals surface area contributed by atoms with E-state index in [9.17, 15) is 10.1 Å². The molecule has 2 rings (SSSR count). The largest absolute Gasteiger partial charge is 0.462 e. The van der Waals surface area contributed by atoms with Crippen LogP contribution in [0.25, 0.3) is 0 Å². The van der Waals surface area contributed by atoms with E-state index >= 15 is 0 Å². The molecule has 0 fully saturated rings. The molecule has 8 heteroatoms. The minimum Gasteiger partial charge on any atom is -0.462 e. The average Bonchev–Trinajstić information content (AvgIpc) is 2.82. The Hall–Kier alpha value is -2.11. The van der Waals surface area contributed by atoms with Crippen molar-refractivity contribution in [3.63, 3.8) is 0 Å². The standard InChI is InChI=1S/C13H12N4O2S2/c1-2-19-12(18)10-9(8(6-14)11(15)21-10)7-20-13-16-4-3-5-17-13/h3-5H,2,7,15H2,1H3. The van der Waals surface area contributed by atoms with Crippen LogP contribution in [-0.4, -0.2) is 22.5 Å². The van der Waals surface area contributed by atoms with Gasteiger partial charge in [0.1, 0.15) is 15.9 Å². The summed E-state index contributed by atoms with van der Waals surface area (Å²) in [6, 6.07) is 3.76. The third-order valence-electron chi connectivity index (χ3n) is 2.49. The van der Waals surface area contributed by atoms with E-state index in [1.807, 2.05) is 6.07 Å².